The number of hydrogen-bond acceptors (Lipinski definition) is 7. The van der Waals surface area contributed by atoms with Gasteiger partial charge >= 0.3 is 0 Å². The minimum atomic E-state index is -0.436. The molecule has 1 unspecified atom stereocenters. The number of aromatic nitrogens is 3. The number of nitrogens with two attached hydrogens (primary N) is 1. The van der Waals surface area contributed by atoms with E-state index in [0.717, 1.165) is 22.3 Å². The van der Waals surface area contributed by atoms with Crippen LogP contribution >= 0.6 is 11.6 Å². The number of fused-ring (bicyclic) bond motifs is 1. The highest BCUT2D eigenvalue weighted by molar-refractivity contribution is 6.31. The van der Waals surface area contributed by atoms with Crippen LogP contribution in [0.3, 0.4) is 0 Å². The number of rotatable bonds is 7. The maximum Gasteiger partial charge on any atom is 0.274 e. The molecule has 38 heavy (non-hydrogen) atoms. The minimum absolute atomic E-state index is 0.0821. The smallest absolute Gasteiger partial charge is 0.274 e. The molecule has 0 fully saturated rings. The van der Waals surface area contributed by atoms with Gasteiger partial charge in [0, 0.05) is 41.1 Å². The van der Waals surface area contributed by atoms with Gasteiger partial charge < -0.3 is 20.1 Å². The molecule has 196 valence electrons. The van der Waals surface area contributed by atoms with Crippen molar-refractivity contribution in [2.75, 3.05) is 12.8 Å². The Morgan fingerprint density at radius 3 is 2.66 bits per heavy atom. The summed E-state index contributed by atoms with van der Waals surface area (Å²) in [6.07, 6.45) is 3.28. The van der Waals surface area contributed by atoms with Crippen molar-refractivity contribution in [3.8, 4) is 5.75 Å². The summed E-state index contributed by atoms with van der Waals surface area (Å²) in [5, 5.41) is 11.7. The molecule has 4 aromatic rings. The van der Waals surface area contributed by atoms with Crippen molar-refractivity contribution in [2.24, 2.45) is 4.99 Å². The average Bonchev–Trinajstić information content (AvgIpc) is 2.89. The van der Waals surface area contributed by atoms with Crippen LogP contribution in [0.1, 0.15) is 48.1 Å². The number of benzene rings is 1. The third-order valence-corrected chi connectivity index (χ3v) is 6.68. The number of ether oxygens (including phenoxy) is 1. The normalized spacial score (nSPS) is 13.1. The number of aliphatic imine (C=N–C) groups is 1. The van der Waals surface area contributed by atoms with Crippen molar-refractivity contribution in [2.45, 2.75) is 40.3 Å². The number of allylic oxidation sites excluding steroid dienone is 2. The summed E-state index contributed by atoms with van der Waals surface area (Å²) >= 11 is 6.69. The van der Waals surface area contributed by atoms with E-state index < -0.39 is 6.04 Å². The van der Waals surface area contributed by atoms with E-state index in [1.54, 1.807) is 44.4 Å². The van der Waals surface area contributed by atoms with Crippen LogP contribution in [-0.4, -0.2) is 32.4 Å². The molecule has 9 heteroatoms. The highest BCUT2D eigenvalue weighted by Crippen LogP contribution is 2.32. The summed E-state index contributed by atoms with van der Waals surface area (Å²) in [4.78, 5) is 26.5. The van der Waals surface area contributed by atoms with Crippen molar-refractivity contribution in [1.82, 2.24) is 14.5 Å². The van der Waals surface area contributed by atoms with Gasteiger partial charge in [-0.1, -0.05) is 23.7 Å². The van der Waals surface area contributed by atoms with Crippen LogP contribution in [-0.2, 0) is 6.61 Å². The Hall–Kier alpha value is -4.17. The van der Waals surface area contributed by atoms with Gasteiger partial charge in [-0.15, -0.1) is 0 Å². The molecule has 0 amide bonds. The highest BCUT2D eigenvalue weighted by atomic mass is 35.5. The lowest BCUT2D eigenvalue weighted by atomic mass is 10.0. The summed E-state index contributed by atoms with van der Waals surface area (Å²) in [6, 6.07) is 12.1. The van der Waals surface area contributed by atoms with Gasteiger partial charge in [0.25, 0.3) is 5.56 Å². The fourth-order valence-electron chi connectivity index (χ4n) is 4.46. The van der Waals surface area contributed by atoms with Gasteiger partial charge in [-0.3, -0.25) is 14.8 Å². The number of halogens is 1. The predicted molar refractivity (Wildman–Crippen MR) is 153 cm³/mol. The zero-order chi connectivity index (χ0) is 27.6. The second kappa shape index (κ2) is 11.1. The lowest BCUT2D eigenvalue weighted by molar-refractivity contribution is 0.306. The number of aliphatic hydroxyl groups excluding tert-OH is 1. The average molecular weight is 532 g/mol. The molecule has 0 bridgehead atoms. The Bertz CT molecular complexity index is 1640. The molecule has 3 aromatic heterocycles. The molecule has 0 saturated heterocycles. The molecule has 8 nitrogen and oxygen atoms in total. The first-order valence-corrected chi connectivity index (χ1v) is 12.5. The van der Waals surface area contributed by atoms with Gasteiger partial charge in [0.15, 0.2) is 0 Å². The first-order valence-electron chi connectivity index (χ1n) is 12.1. The number of anilines is 1. The van der Waals surface area contributed by atoms with E-state index in [4.69, 9.17) is 32.0 Å². The van der Waals surface area contributed by atoms with Gasteiger partial charge in [0.1, 0.15) is 29.3 Å². The van der Waals surface area contributed by atoms with Gasteiger partial charge in [0.05, 0.1) is 22.4 Å². The summed E-state index contributed by atoms with van der Waals surface area (Å²) < 4.78 is 7.83. The molecule has 1 atom stereocenters. The van der Waals surface area contributed by atoms with Crippen molar-refractivity contribution in [1.29, 1.82) is 0 Å². The van der Waals surface area contributed by atoms with Gasteiger partial charge in [-0.05, 0) is 64.1 Å². The number of aryl methyl sites for hydroxylation is 2. The van der Waals surface area contributed by atoms with Crippen LogP contribution in [0.15, 0.2) is 70.3 Å². The molecular weight excluding hydrogens is 502 g/mol. The van der Waals surface area contributed by atoms with Gasteiger partial charge in [-0.2, -0.15) is 0 Å². The Balaban J connectivity index is 1.78. The lowest BCUT2D eigenvalue weighted by Crippen LogP contribution is -2.27. The standard InChI is InChI=1S/C29H30ClN5O3/c1-6-24(36)27(32-5)20-13-16(2)34-28-19(20)9-7-11-25(28)38-15-21-22(30)14-17(3)33-26(21)18(4)35-12-8-10-23(31)29(35)37/h6-14,18,36H,15,31H2,1-5H3/b24-6+,32-27?. The molecular formula is C29H30ClN5O3. The number of para-hydroxylation sites is 1. The Morgan fingerprint density at radius 2 is 1.95 bits per heavy atom. The molecule has 0 radical (unpaired) electrons. The Labute approximate surface area is 226 Å². The van der Waals surface area contributed by atoms with Crippen molar-refractivity contribution in [3.63, 3.8) is 0 Å². The van der Waals surface area contributed by atoms with Crippen LogP contribution in [0.5, 0.6) is 5.75 Å². The molecule has 1 aromatic carbocycles. The quantitative estimate of drug-likeness (QED) is 0.233. The van der Waals surface area contributed by atoms with E-state index in [2.05, 4.69) is 4.99 Å². The largest absolute Gasteiger partial charge is 0.506 e. The van der Waals surface area contributed by atoms with E-state index in [1.165, 1.54) is 4.57 Å². The molecule has 0 aliphatic carbocycles. The summed E-state index contributed by atoms with van der Waals surface area (Å²) in [5.41, 5.74) is 10.3. The van der Waals surface area contributed by atoms with Crippen LogP contribution < -0.4 is 16.0 Å². The summed E-state index contributed by atoms with van der Waals surface area (Å²) in [5.74, 6) is 0.623. The Morgan fingerprint density at radius 1 is 1.21 bits per heavy atom. The molecule has 0 aliphatic rings. The van der Waals surface area contributed by atoms with Gasteiger partial charge in [0.2, 0.25) is 0 Å². The fraction of sp³-hybridized carbons (Fsp3) is 0.241. The number of nitrogen functional groups attached to an aromatic ring is 1. The first kappa shape index (κ1) is 26.9. The summed E-state index contributed by atoms with van der Waals surface area (Å²) in [7, 11) is 1.64. The van der Waals surface area contributed by atoms with Crippen molar-refractivity contribution in [3.05, 3.63) is 104 Å². The number of nitrogens with zero attached hydrogens (tertiary/aromatic N) is 4. The van der Waals surface area contributed by atoms with E-state index >= 15 is 0 Å². The number of pyridine rings is 3. The maximum absolute atomic E-state index is 12.7. The number of aliphatic hydroxyl groups is 1. The second-order valence-electron chi connectivity index (χ2n) is 8.96. The SMILES string of the molecule is C/C=C(/O)C(=NC)c1cc(C)nc2c(OCc3c(Cl)cc(C)nc3C(C)n3cccc(N)c3=O)cccc12. The number of hydrogen-bond donors (Lipinski definition) is 2. The zero-order valence-electron chi connectivity index (χ0n) is 22.0. The highest BCUT2D eigenvalue weighted by Gasteiger charge is 2.21. The van der Waals surface area contributed by atoms with Crippen LogP contribution in [0, 0.1) is 13.8 Å². The molecule has 4 rings (SSSR count). The Kier molecular flexibility index (Phi) is 7.83. The molecule has 0 spiro atoms. The molecule has 3 N–H and O–H groups in total. The summed E-state index contributed by atoms with van der Waals surface area (Å²) in [6.45, 7) is 7.45. The van der Waals surface area contributed by atoms with Crippen molar-refractivity contribution >= 4 is 33.9 Å². The van der Waals surface area contributed by atoms with Gasteiger partial charge in [-0.25, -0.2) is 4.98 Å². The minimum Gasteiger partial charge on any atom is -0.506 e. The van der Waals surface area contributed by atoms with Crippen LogP contribution in [0.25, 0.3) is 10.9 Å². The van der Waals surface area contributed by atoms with Crippen molar-refractivity contribution < 1.29 is 9.84 Å². The topological polar surface area (TPSA) is 116 Å². The monoisotopic (exact) mass is 531 g/mol. The second-order valence-corrected chi connectivity index (χ2v) is 9.37. The van der Waals surface area contributed by atoms with E-state index in [1.807, 2.05) is 45.0 Å². The van der Waals surface area contributed by atoms with E-state index in [9.17, 15) is 9.90 Å². The first-order chi connectivity index (χ1) is 18.2. The van der Waals surface area contributed by atoms with E-state index in [0.29, 0.717) is 33.3 Å². The lowest BCUT2D eigenvalue weighted by Gasteiger charge is -2.21. The molecule has 3 heterocycles. The third kappa shape index (κ3) is 5.13. The molecule has 0 aliphatic heterocycles. The third-order valence-electron chi connectivity index (χ3n) is 6.34. The van der Waals surface area contributed by atoms with Crippen LogP contribution in [0.4, 0.5) is 5.69 Å². The fourth-order valence-corrected chi connectivity index (χ4v) is 4.77. The van der Waals surface area contributed by atoms with E-state index in [-0.39, 0.29) is 23.6 Å². The predicted octanol–water partition coefficient (Wildman–Crippen LogP) is 5.71. The maximum atomic E-state index is 12.7. The molecule has 0 saturated carbocycles. The zero-order valence-corrected chi connectivity index (χ0v) is 22.7. The van der Waals surface area contributed by atoms with Crippen LogP contribution in [0.2, 0.25) is 5.02 Å².